The molecule has 0 fully saturated rings. The quantitative estimate of drug-likeness (QED) is 0.662. The summed E-state index contributed by atoms with van der Waals surface area (Å²) in [6, 6.07) is 5.26. The summed E-state index contributed by atoms with van der Waals surface area (Å²) in [6.45, 7) is 0.982. The molecule has 0 amide bonds. The number of ether oxygens (including phenoxy) is 2. The minimum atomic E-state index is -0.550. The minimum absolute atomic E-state index is 0.266. The summed E-state index contributed by atoms with van der Waals surface area (Å²) in [5.41, 5.74) is 1.90. The van der Waals surface area contributed by atoms with Crippen LogP contribution in [0.15, 0.2) is 24.3 Å². The first-order valence-electron chi connectivity index (χ1n) is 5.85. The van der Waals surface area contributed by atoms with Crippen LogP contribution in [0.3, 0.4) is 0 Å². The van der Waals surface area contributed by atoms with E-state index < -0.39 is 5.97 Å². The summed E-state index contributed by atoms with van der Waals surface area (Å²) in [7, 11) is 0. The topological polar surface area (TPSA) is 64.2 Å². The minimum Gasteiger partial charge on any atom is -0.422 e. The molecule has 0 aliphatic carbocycles. The molecule has 19 heavy (non-hydrogen) atoms. The lowest BCUT2D eigenvalue weighted by atomic mass is 10.1. The van der Waals surface area contributed by atoms with Crippen LogP contribution in [0, 0.1) is 5.82 Å². The van der Waals surface area contributed by atoms with Gasteiger partial charge in [-0.25, -0.2) is 9.18 Å². The lowest BCUT2D eigenvalue weighted by Gasteiger charge is -2.11. The van der Waals surface area contributed by atoms with E-state index in [1.165, 1.54) is 24.3 Å². The number of carbonyl (C=O) groups is 1. The number of nitrogens with zero attached hydrogens (tertiary/aromatic N) is 1. The molecule has 5 nitrogen and oxygen atoms in total. The number of fused-ring (bicyclic) bond motifs is 1. The van der Waals surface area contributed by atoms with Gasteiger partial charge in [0.2, 0.25) is 0 Å². The Bertz CT molecular complexity index is 607. The fraction of sp³-hybridized carbons (Fsp3) is 0.231. The van der Waals surface area contributed by atoms with Crippen molar-refractivity contribution in [3.8, 4) is 5.75 Å². The highest BCUT2D eigenvalue weighted by Crippen LogP contribution is 2.20. The van der Waals surface area contributed by atoms with Gasteiger partial charge in [0.15, 0.2) is 5.69 Å². The molecule has 0 radical (unpaired) electrons. The van der Waals surface area contributed by atoms with E-state index in [4.69, 9.17) is 9.47 Å². The van der Waals surface area contributed by atoms with Crippen LogP contribution in [0.1, 0.15) is 21.7 Å². The number of benzene rings is 1. The van der Waals surface area contributed by atoms with E-state index in [1.54, 1.807) is 0 Å². The predicted octanol–water partition coefficient (Wildman–Crippen LogP) is 1.84. The van der Waals surface area contributed by atoms with Crippen LogP contribution in [0.25, 0.3) is 0 Å². The molecule has 1 N–H and O–H groups in total. The first-order valence-corrected chi connectivity index (χ1v) is 5.85. The third-order valence-electron chi connectivity index (χ3n) is 2.91. The Morgan fingerprint density at radius 2 is 2.16 bits per heavy atom. The van der Waals surface area contributed by atoms with Gasteiger partial charge in [-0.05, 0) is 24.3 Å². The molecule has 1 aromatic heterocycles. The molecule has 0 bridgehead atoms. The van der Waals surface area contributed by atoms with Gasteiger partial charge in [-0.1, -0.05) is 0 Å². The van der Waals surface area contributed by atoms with Crippen LogP contribution in [-0.4, -0.2) is 22.8 Å². The van der Waals surface area contributed by atoms with Crippen molar-refractivity contribution in [1.29, 1.82) is 0 Å². The smallest absolute Gasteiger partial charge is 0.364 e. The lowest BCUT2D eigenvalue weighted by Crippen LogP contribution is -2.15. The molecule has 3 rings (SSSR count). The third kappa shape index (κ3) is 2.34. The van der Waals surface area contributed by atoms with Crippen LogP contribution >= 0.6 is 0 Å². The van der Waals surface area contributed by atoms with Crippen molar-refractivity contribution < 1.29 is 18.7 Å². The van der Waals surface area contributed by atoms with Crippen LogP contribution in [0.5, 0.6) is 5.75 Å². The zero-order valence-electron chi connectivity index (χ0n) is 9.98. The van der Waals surface area contributed by atoms with Crippen molar-refractivity contribution >= 4 is 5.97 Å². The van der Waals surface area contributed by atoms with Gasteiger partial charge >= 0.3 is 5.97 Å². The number of aromatic amines is 1. The van der Waals surface area contributed by atoms with E-state index in [0.29, 0.717) is 19.6 Å². The number of halogens is 1. The molecule has 0 spiro atoms. The predicted molar refractivity (Wildman–Crippen MR) is 63.3 cm³/mol. The second kappa shape index (κ2) is 4.81. The van der Waals surface area contributed by atoms with Gasteiger partial charge < -0.3 is 9.47 Å². The molecule has 2 heterocycles. The molecule has 6 heteroatoms. The monoisotopic (exact) mass is 262 g/mol. The van der Waals surface area contributed by atoms with Crippen LogP contribution < -0.4 is 4.74 Å². The van der Waals surface area contributed by atoms with Gasteiger partial charge in [0.1, 0.15) is 11.6 Å². The summed E-state index contributed by atoms with van der Waals surface area (Å²) in [5.74, 6) is -0.643. The zero-order valence-corrected chi connectivity index (χ0v) is 9.98. The fourth-order valence-electron chi connectivity index (χ4n) is 1.97. The van der Waals surface area contributed by atoms with Gasteiger partial charge in [0.05, 0.1) is 18.9 Å². The molecule has 1 aromatic carbocycles. The third-order valence-corrected chi connectivity index (χ3v) is 2.91. The largest absolute Gasteiger partial charge is 0.422 e. The number of aromatic nitrogens is 2. The Hall–Kier alpha value is -2.21. The van der Waals surface area contributed by atoms with Crippen LogP contribution in [0.2, 0.25) is 0 Å². The first kappa shape index (κ1) is 11.9. The Balaban J connectivity index is 1.80. The van der Waals surface area contributed by atoms with Gasteiger partial charge in [-0.2, -0.15) is 5.10 Å². The number of esters is 1. The maximum atomic E-state index is 12.8. The van der Waals surface area contributed by atoms with Crippen LogP contribution in [0.4, 0.5) is 4.39 Å². The number of hydrogen-bond acceptors (Lipinski definition) is 4. The zero-order chi connectivity index (χ0) is 13.2. The van der Waals surface area contributed by atoms with Crippen molar-refractivity contribution in [3.63, 3.8) is 0 Å². The molecule has 0 saturated carbocycles. The number of hydrogen-bond donors (Lipinski definition) is 1. The van der Waals surface area contributed by atoms with Crippen molar-refractivity contribution in [2.45, 2.75) is 13.0 Å². The van der Waals surface area contributed by atoms with E-state index in [-0.39, 0.29) is 17.3 Å². The molecule has 0 saturated heterocycles. The average molecular weight is 262 g/mol. The molecule has 2 aromatic rings. The lowest BCUT2D eigenvalue weighted by molar-refractivity contribution is 0.0724. The summed E-state index contributed by atoms with van der Waals surface area (Å²) < 4.78 is 23.2. The summed E-state index contributed by atoms with van der Waals surface area (Å²) >= 11 is 0. The van der Waals surface area contributed by atoms with E-state index in [0.717, 1.165) is 11.3 Å². The normalized spacial score (nSPS) is 13.9. The number of nitrogens with one attached hydrogen (secondary N) is 1. The Labute approximate surface area is 108 Å². The van der Waals surface area contributed by atoms with Crippen molar-refractivity contribution in [1.82, 2.24) is 10.2 Å². The van der Waals surface area contributed by atoms with Gasteiger partial charge in [0.25, 0.3) is 0 Å². The summed E-state index contributed by atoms with van der Waals surface area (Å²) in [4.78, 5) is 12.0. The summed E-state index contributed by atoms with van der Waals surface area (Å²) in [6.07, 6.45) is 0.625. The molecule has 98 valence electrons. The van der Waals surface area contributed by atoms with Crippen LogP contribution in [-0.2, 0) is 17.8 Å². The molecule has 1 aliphatic rings. The maximum absolute atomic E-state index is 12.8. The van der Waals surface area contributed by atoms with Crippen molar-refractivity contribution in [2.75, 3.05) is 6.61 Å². The number of H-pyrrole nitrogens is 1. The Kier molecular flexibility index (Phi) is 3.00. The number of carbonyl (C=O) groups excluding carboxylic acids is 1. The average Bonchev–Trinajstić information content (AvgIpc) is 2.85. The Morgan fingerprint density at radius 3 is 2.95 bits per heavy atom. The Morgan fingerprint density at radius 1 is 1.37 bits per heavy atom. The molecule has 0 atom stereocenters. The second-order valence-corrected chi connectivity index (χ2v) is 4.18. The van der Waals surface area contributed by atoms with Crippen molar-refractivity contribution in [3.05, 3.63) is 47.0 Å². The maximum Gasteiger partial charge on any atom is 0.364 e. The second-order valence-electron chi connectivity index (χ2n) is 4.18. The highest BCUT2D eigenvalue weighted by molar-refractivity contribution is 5.90. The van der Waals surface area contributed by atoms with E-state index >= 15 is 0 Å². The molecular formula is C13H11FN2O3. The highest BCUT2D eigenvalue weighted by Gasteiger charge is 2.23. The SMILES string of the molecule is O=C(Oc1ccc(F)cc1)c1n[nH]c2c1CCOC2. The molecule has 0 unspecified atom stereocenters. The van der Waals surface area contributed by atoms with E-state index in [2.05, 4.69) is 10.2 Å². The highest BCUT2D eigenvalue weighted by atomic mass is 19.1. The molecular weight excluding hydrogens is 251 g/mol. The summed E-state index contributed by atoms with van der Waals surface area (Å²) in [5, 5.41) is 6.72. The van der Waals surface area contributed by atoms with Gasteiger partial charge in [-0.3, -0.25) is 5.10 Å². The fourth-order valence-corrected chi connectivity index (χ4v) is 1.97. The standard InChI is InChI=1S/C13H11FN2O3/c14-8-1-3-9(4-2-8)19-13(17)12-10-5-6-18-7-11(10)15-16-12/h1-4H,5-7H2,(H,15,16). The molecule has 1 aliphatic heterocycles. The number of rotatable bonds is 2. The van der Waals surface area contributed by atoms with E-state index in [9.17, 15) is 9.18 Å². The van der Waals surface area contributed by atoms with Crippen molar-refractivity contribution in [2.24, 2.45) is 0 Å². The first-order chi connectivity index (χ1) is 9.24. The van der Waals surface area contributed by atoms with E-state index in [1.807, 2.05) is 0 Å². The van der Waals surface area contributed by atoms with Gasteiger partial charge in [-0.15, -0.1) is 0 Å². The van der Waals surface area contributed by atoms with Gasteiger partial charge in [0, 0.05) is 12.0 Å².